The molecule has 0 spiro atoms. The predicted molar refractivity (Wildman–Crippen MR) is 93.8 cm³/mol. The standard InChI is InChI=1S/C18H19NO4S/c1-11-10-13(18(22)23-3)5-6-14(11)19-17(21)9-7-15(20)16-8-4-12(2)24-16/h4-6,8,10H,7,9H2,1-3H3,(H,19,21). The van der Waals surface area contributed by atoms with E-state index in [9.17, 15) is 14.4 Å². The van der Waals surface area contributed by atoms with Crippen LogP contribution in [0.3, 0.4) is 0 Å². The fraction of sp³-hybridized carbons (Fsp3) is 0.278. The number of anilines is 1. The zero-order chi connectivity index (χ0) is 17.7. The monoisotopic (exact) mass is 345 g/mol. The number of aryl methyl sites for hydroxylation is 2. The number of Topliss-reactive ketones (excluding diaryl/α,β-unsaturated/α-hetero) is 1. The Labute approximate surface area is 144 Å². The molecule has 5 nitrogen and oxygen atoms in total. The summed E-state index contributed by atoms with van der Waals surface area (Å²) in [6.45, 7) is 3.73. The molecule has 6 heteroatoms. The van der Waals surface area contributed by atoms with E-state index in [1.807, 2.05) is 13.0 Å². The largest absolute Gasteiger partial charge is 0.465 e. The van der Waals surface area contributed by atoms with E-state index in [-0.39, 0.29) is 24.5 Å². The van der Waals surface area contributed by atoms with E-state index < -0.39 is 5.97 Å². The Morgan fingerprint density at radius 2 is 1.83 bits per heavy atom. The Bertz CT molecular complexity index is 779. The van der Waals surface area contributed by atoms with E-state index in [1.54, 1.807) is 31.2 Å². The summed E-state index contributed by atoms with van der Waals surface area (Å²) in [5.74, 6) is -0.681. The maximum absolute atomic E-state index is 12.0. The van der Waals surface area contributed by atoms with Gasteiger partial charge in [-0.1, -0.05) is 0 Å². The van der Waals surface area contributed by atoms with E-state index in [0.717, 1.165) is 10.4 Å². The van der Waals surface area contributed by atoms with Gasteiger partial charge >= 0.3 is 5.97 Å². The molecule has 0 saturated heterocycles. The second-order valence-electron chi connectivity index (χ2n) is 5.40. The second kappa shape index (κ2) is 7.88. The minimum Gasteiger partial charge on any atom is -0.465 e. The number of esters is 1. The summed E-state index contributed by atoms with van der Waals surface area (Å²) in [6, 6.07) is 8.58. The van der Waals surface area contributed by atoms with Crippen molar-refractivity contribution in [3.63, 3.8) is 0 Å². The first kappa shape index (κ1) is 17.9. The molecule has 2 rings (SSSR count). The Kier molecular flexibility index (Phi) is 5.87. The average Bonchev–Trinajstić information content (AvgIpc) is 3.00. The molecular weight excluding hydrogens is 326 g/mol. The maximum Gasteiger partial charge on any atom is 0.337 e. The maximum atomic E-state index is 12.0. The first-order chi connectivity index (χ1) is 11.4. The highest BCUT2D eigenvalue weighted by molar-refractivity contribution is 7.14. The molecule has 0 atom stereocenters. The molecule has 24 heavy (non-hydrogen) atoms. The van der Waals surface area contributed by atoms with Crippen LogP contribution in [-0.4, -0.2) is 24.8 Å². The number of benzene rings is 1. The summed E-state index contributed by atoms with van der Waals surface area (Å²) in [5, 5.41) is 2.77. The van der Waals surface area contributed by atoms with Gasteiger partial charge in [-0.2, -0.15) is 0 Å². The fourth-order valence-electron chi connectivity index (χ4n) is 2.20. The number of hydrogen-bond acceptors (Lipinski definition) is 5. The number of amides is 1. The van der Waals surface area contributed by atoms with Gasteiger partial charge in [0.2, 0.25) is 5.91 Å². The molecule has 126 valence electrons. The van der Waals surface area contributed by atoms with Crippen LogP contribution in [-0.2, 0) is 9.53 Å². The third-order valence-electron chi connectivity index (χ3n) is 3.52. The van der Waals surface area contributed by atoms with Crippen molar-refractivity contribution < 1.29 is 19.1 Å². The van der Waals surface area contributed by atoms with Gasteiger partial charge in [-0.3, -0.25) is 9.59 Å². The van der Waals surface area contributed by atoms with E-state index in [0.29, 0.717) is 16.1 Å². The lowest BCUT2D eigenvalue weighted by molar-refractivity contribution is -0.116. The summed E-state index contributed by atoms with van der Waals surface area (Å²) in [7, 11) is 1.32. The molecule has 0 aliphatic rings. The van der Waals surface area contributed by atoms with Crippen LogP contribution < -0.4 is 5.32 Å². The Hall–Kier alpha value is -2.47. The van der Waals surface area contributed by atoms with Crippen LogP contribution in [0.2, 0.25) is 0 Å². The number of rotatable bonds is 6. The van der Waals surface area contributed by atoms with E-state index in [2.05, 4.69) is 10.1 Å². The van der Waals surface area contributed by atoms with Gasteiger partial charge < -0.3 is 10.1 Å². The molecule has 0 radical (unpaired) electrons. The molecule has 0 saturated carbocycles. The summed E-state index contributed by atoms with van der Waals surface area (Å²) < 4.78 is 4.66. The van der Waals surface area contributed by atoms with Crippen LogP contribution in [0.1, 0.15) is 43.3 Å². The van der Waals surface area contributed by atoms with Gasteiger partial charge in [-0.15, -0.1) is 11.3 Å². The van der Waals surface area contributed by atoms with Gasteiger partial charge in [0.05, 0.1) is 17.6 Å². The number of hydrogen-bond donors (Lipinski definition) is 1. The van der Waals surface area contributed by atoms with Gasteiger partial charge in [0.25, 0.3) is 0 Å². The van der Waals surface area contributed by atoms with Gasteiger partial charge in [0, 0.05) is 23.4 Å². The Morgan fingerprint density at radius 3 is 2.42 bits per heavy atom. The van der Waals surface area contributed by atoms with Gasteiger partial charge in [0.15, 0.2) is 5.78 Å². The zero-order valence-electron chi connectivity index (χ0n) is 13.8. The average molecular weight is 345 g/mol. The SMILES string of the molecule is COC(=O)c1ccc(NC(=O)CCC(=O)c2ccc(C)s2)c(C)c1. The lowest BCUT2D eigenvalue weighted by Gasteiger charge is -2.09. The number of thiophene rings is 1. The van der Waals surface area contributed by atoms with E-state index in [4.69, 9.17) is 0 Å². The molecule has 2 aromatic rings. The van der Waals surface area contributed by atoms with Crippen LogP contribution in [0.25, 0.3) is 0 Å². The third-order valence-corrected chi connectivity index (χ3v) is 4.56. The Balaban J connectivity index is 1.92. The zero-order valence-corrected chi connectivity index (χ0v) is 14.7. The molecule has 1 aromatic carbocycles. The highest BCUT2D eigenvalue weighted by Crippen LogP contribution is 2.19. The highest BCUT2D eigenvalue weighted by Gasteiger charge is 2.13. The molecule has 0 fully saturated rings. The lowest BCUT2D eigenvalue weighted by Crippen LogP contribution is -2.14. The number of methoxy groups -OCH3 is 1. The van der Waals surface area contributed by atoms with Crippen molar-refractivity contribution in [2.45, 2.75) is 26.7 Å². The van der Waals surface area contributed by atoms with Crippen molar-refractivity contribution in [1.82, 2.24) is 0 Å². The van der Waals surface area contributed by atoms with Crippen molar-refractivity contribution in [2.24, 2.45) is 0 Å². The van der Waals surface area contributed by atoms with Crippen LogP contribution in [0.15, 0.2) is 30.3 Å². The molecule has 1 amide bonds. The number of ether oxygens (including phenoxy) is 1. The van der Waals surface area contributed by atoms with Crippen molar-refractivity contribution in [3.8, 4) is 0 Å². The van der Waals surface area contributed by atoms with E-state index >= 15 is 0 Å². The fourth-order valence-corrected chi connectivity index (χ4v) is 3.03. The molecule has 0 unspecified atom stereocenters. The normalized spacial score (nSPS) is 10.3. The van der Waals surface area contributed by atoms with Gasteiger partial charge in [-0.25, -0.2) is 4.79 Å². The smallest absolute Gasteiger partial charge is 0.337 e. The highest BCUT2D eigenvalue weighted by atomic mass is 32.1. The number of nitrogens with one attached hydrogen (secondary N) is 1. The van der Waals surface area contributed by atoms with Crippen molar-refractivity contribution in [1.29, 1.82) is 0 Å². The summed E-state index contributed by atoms with van der Waals surface area (Å²) in [5.41, 5.74) is 1.80. The van der Waals surface area contributed by atoms with Crippen molar-refractivity contribution in [3.05, 3.63) is 51.2 Å². The van der Waals surface area contributed by atoms with Crippen LogP contribution >= 0.6 is 11.3 Å². The lowest BCUT2D eigenvalue weighted by atomic mass is 10.1. The first-order valence-corrected chi connectivity index (χ1v) is 8.31. The van der Waals surface area contributed by atoms with Crippen LogP contribution in [0.5, 0.6) is 0 Å². The minimum absolute atomic E-state index is 0.0268. The summed E-state index contributed by atoms with van der Waals surface area (Å²) in [6.07, 6.45) is 0.291. The molecular formula is C18H19NO4S. The Morgan fingerprint density at radius 1 is 1.08 bits per heavy atom. The van der Waals surface area contributed by atoms with Crippen molar-refractivity contribution in [2.75, 3.05) is 12.4 Å². The first-order valence-electron chi connectivity index (χ1n) is 7.49. The molecule has 1 N–H and O–H groups in total. The van der Waals surface area contributed by atoms with Crippen LogP contribution in [0.4, 0.5) is 5.69 Å². The summed E-state index contributed by atoms with van der Waals surface area (Å²) in [4.78, 5) is 37.3. The third kappa shape index (κ3) is 4.52. The quantitative estimate of drug-likeness (QED) is 0.639. The minimum atomic E-state index is -0.423. The van der Waals surface area contributed by atoms with Gasteiger partial charge in [0.1, 0.15) is 0 Å². The predicted octanol–water partition coefficient (Wildman–Crippen LogP) is 3.75. The van der Waals surface area contributed by atoms with E-state index in [1.165, 1.54) is 18.4 Å². The van der Waals surface area contributed by atoms with Crippen molar-refractivity contribution >= 4 is 34.7 Å². The second-order valence-corrected chi connectivity index (χ2v) is 6.69. The van der Waals surface area contributed by atoms with Gasteiger partial charge in [-0.05, 0) is 49.7 Å². The summed E-state index contributed by atoms with van der Waals surface area (Å²) >= 11 is 1.44. The molecule has 1 heterocycles. The number of ketones is 1. The topological polar surface area (TPSA) is 72.5 Å². The number of carbonyl (C=O) groups excluding carboxylic acids is 3. The molecule has 1 aromatic heterocycles. The van der Waals surface area contributed by atoms with Crippen LogP contribution in [0, 0.1) is 13.8 Å². The number of carbonyl (C=O) groups is 3. The molecule has 0 bridgehead atoms. The molecule has 0 aliphatic carbocycles. The molecule has 0 aliphatic heterocycles.